The summed E-state index contributed by atoms with van der Waals surface area (Å²) in [5, 5.41) is 2.48. The van der Waals surface area contributed by atoms with E-state index in [2.05, 4.69) is 69.3 Å². The molecule has 0 saturated carbocycles. The monoisotopic (exact) mass is 361 g/mol. The van der Waals surface area contributed by atoms with E-state index < -0.39 is 0 Å². The van der Waals surface area contributed by atoms with Gasteiger partial charge in [-0.25, -0.2) is 0 Å². The van der Waals surface area contributed by atoms with E-state index in [4.69, 9.17) is 9.73 Å². The van der Waals surface area contributed by atoms with Crippen LogP contribution in [0.3, 0.4) is 0 Å². The topological polar surface area (TPSA) is 21.6 Å². The summed E-state index contributed by atoms with van der Waals surface area (Å²) >= 11 is 0. The first-order chi connectivity index (χ1) is 12.6. The minimum atomic E-state index is 0.159. The molecule has 1 atom stereocenters. The van der Waals surface area contributed by atoms with E-state index in [0.717, 1.165) is 17.0 Å². The summed E-state index contributed by atoms with van der Waals surface area (Å²) in [5.74, 6) is 0.972. The lowest BCUT2D eigenvalue weighted by molar-refractivity contribution is 0.244. The van der Waals surface area contributed by atoms with Crippen LogP contribution in [-0.2, 0) is 0 Å². The van der Waals surface area contributed by atoms with Gasteiger partial charge in [0.05, 0.1) is 11.8 Å². The molecule has 0 N–H and O–H groups in total. The van der Waals surface area contributed by atoms with Crippen LogP contribution in [0.15, 0.2) is 77.8 Å². The summed E-state index contributed by atoms with van der Waals surface area (Å²) in [5.41, 5.74) is 3.36. The van der Waals surface area contributed by atoms with Crippen molar-refractivity contribution in [3.05, 3.63) is 83.9 Å². The Kier molecular flexibility index (Phi) is 6.20. The lowest BCUT2D eigenvalue weighted by atomic mass is 10.2. The molecule has 0 aliphatic rings. The number of hydrogen-bond donors (Lipinski definition) is 0. The maximum atomic E-state index is 6.04. The molecular formula is C23H24NOP. The quantitative estimate of drug-likeness (QED) is 0.439. The van der Waals surface area contributed by atoms with E-state index in [0.29, 0.717) is 8.58 Å². The molecule has 0 saturated heterocycles. The normalized spacial score (nSPS) is 11.7. The van der Waals surface area contributed by atoms with Crippen molar-refractivity contribution in [3.8, 4) is 5.75 Å². The number of hydrogen-bond acceptors (Lipinski definition) is 2. The number of nitrogens with zero attached hydrogens (tertiary/aromatic N) is 1. The minimum absolute atomic E-state index is 0.159. The van der Waals surface area contributed by atoms with Crippen molar-refractivity contribution >= 4 is 31.1 Å². The van der Waals surface area contributed by atoms with Gasteiger partial charge in [0.1, 0.15) is 5.75 Å². The molecule has 0 radical (unpaired) electrons. The zero-order valence-corrected chi connectivity index (χ0v) is 16.4. The van der Waals surface area contributed by atoms with Crippen molar-refractivity contribution < 1.29 is 4.74 Å². The summed E-state index contributed by atoms with van der Waals surface area (Å²) in [6.07, 6.45) is 2.08. The van der Waals surface area contributed by atoms with Crippen LogP contribution in [0.5, 0.6) is 5.75 Å². The van der Waals surface area contributed by atoms with Crippen molar-refractivity contribution in [2.45, 2.75) is 26.9 Å². The molecular weight excluding hydrogens is 337 g/mol. The second kappa shape index (κ2) is 8.78. The van der Waals surface area contributed by atoms with Crippen LogP contribution in [0.2, 0.25) is 0 Å². The maximum absolute atomic E-state index is 6.04. The predicted molar refractivity (Wildman–Crippen MR) is 115 cm³/mol. The molecule has 0 heterocycles. The molecule has 0 aliphatic carbocycles. The Labute approximate surface area is 157 Å². The van der Waals surface area contributed by atoms with Gasteiger partial charge in [0.25, 0.3) is 0 Å². The Balaban J connectivity index is 1.91. The third-order valence-electron chi connectivity index (χ3n) is 3.91. The summed E-state index contributed by atoms with van der Waals surface area (Å²) in [7, 11) is 0.502. The zero-order chi connectivity index (χ0) is 18.4. The third-order valence-corrected chi connectivity index (χ3v) is 5.50. The SMILES string of the molecule is Cc1cccc(OC(C)C)c1Pc1ccccc1N=Cc1ccccc1. The van der Waals surface area contributed by atoms with Gasteiger partial charge >= 0.3 is 0 Å². The molecule has 0 amide bonds. The molecule has 0 bridgehead atoms. The Morgan fingerprint density at radius 2 is 1.62 bits per heavy atom. The maximum Gasteiger partial charge on any atom is 0.127 e. The Morgan fingerprint density at radius 1 is 0.885 bits per heavy atom. The van der Waals surface area contributed by atoms with E-state index in [1.165, 1.54) is 16.2 Å². The first-order valence-electron chi connectivity index (χ1n) is 8.85. The summed E-state index contributed by atoms with van der Waals surface area (Å²) in [6.45, 7) is 6.27. The third kappa shape index (κ3) is 4.80. The van der Waals surface area contributed by atoms with Crippen LogP contribution in [0.1, 0.15) is 25.0 Å². The molecule has 0 aliphatic heterocycles. The van der Waals surface area contributed by atoms with Crippen molar-refractivity contribution in [1.82, 2.24) is 0 Å². The van der Waals surface area contributed by atoms with Crippen molar-refractivity contribution in [2.24, 2.45) is 4.99 Å². The average Bonchev–Trinajstić information content (AvgIpc) is 2.64. The van der Waals surface area contributed by atoms with Gasteiger partial charge in [0.2, 0.25) is 0 Å². The van der Waals surface area contributed by atoms with Crippen LogP contribution >= 0.6 is 8.58 Å². The molecule has 0 spiro atoms. The molecule has 3 aromatic carbocycles. The molecule has 2 nitrogen and oxygen atoms in total. The lowest BCUT2D eigenvalue weighted by Gasteiger charge is -2.17. The number of rotatable bonds is 6. The molecule has 26 heavy (non-hydrogen) atoms. The zero-order valence-electron chi connectivity index (χ0n) is 15.4. The highest BCUT2D eigenvalue weighted by atomic mass is 31.1. The molecule has 1 unspecified atom stereocenters. The van der Waals surface area contributed by atoms with E-state index in [1.54, 1.807) is 0 Å². The van der Waals surface area contributed by atoms with Crippen LogP contribution in [0.4, 0.5) is 5.69 Å². The van der Waals surface area contributed by atoms with Gasteiger partial charge in [-0.05, 0) is 44.0 Å². The second-order valence-corrected chi connectivity index (χ2v) is 7.71. The van der Waals surface area contributed by atoms with Crippen molar-refractivity contribution in [1.29, 1.82) is 0 Å². The van der Waals surface area contributed by atoms with E-state index >= 15 is 0 Å². The Hall–Kier alpha value is -2.44. The highest BCUT2D eigenvalue weighted by Crippen LogP contribution is 2.26. The van der Waals surface area contributed by atoms with Crippen LogP contribution in [-0.4, -0.2) is 12.3 Å². The number of aryl methyl sites for hydroxylation is 1. The van der Waals surface area contributed by atoms with E-state index in [1.807, 2.05) is 30.5 Å². The van der Waals surface area contributed by atoms with Gasteiger partial charge < -0.3 is 4.74 Å². The smallest absolute Gasteiger partial charge is 0.127 e. The van der Waals surface area contributed by atoms with Crippen molar-refractivity contribution in [3.63, 3.8) is 0 Å². The molecule has 0 aromatic heterocycles. The summed E-state index contributed by atoms with van der Waals surface area (Å²) < 4.78 is 6.04. The van der Waals surface area contributed by atoms with Gasteiger partial charge in [-0.3, -0.25) is 4.99 Å². The van der Waals surface area contributed by atoms with Gasteiger partial charge in [0.15, 0.2) is 0 Å². The first-order valence-corrected chi connectivity index (χ1v) is 9.85. The fourth-order valence-electron chi connectivity index (χ4n) is 2.66. The Morgan fingerprint density at radius 3 is 2.38 bits per heavy atom. The highest BCUT2D eigenvalue weighted by Gasteiger charge is 2.11. The largest absolute Gasteiger partial charge is 0.490 e. The summed E-state index contributed by atoms with van der Waals surface area (Å²) in [4.78, 5) is 4.73. The minimum Gasteiger partial charge on any atom is -0.490 e. The van der Waals surface area contributed by atoms with E-state index in [9.17, 15) is 0 Å². The lowest BCUT2D eigenvalue weighted by Crippen LogP contribution is -2.15. The molecule has 3 heteroatoms. The second-order valence-electron chi connectivity index (χ2n) is 6.43. The average molecular weight is 361 g/mol. The number of para-hydroxylation sites is 1. The van der Waals surface area contributed by atoms with Crippen LogP contribution in [0.25, 0.3) is 0 Å². The number of aliphatic imine (C=N–C) groups is 1. The van der Waals surface area contributed by atoms with Gasteiger partial charge in [-0.1, -0.05) is 69.2 Å². The summed E-state index contributed by atoms with van der Waals surface area (Å²) in [6, 6.07) is 24.8. The molecule has 3 rings (SSSR count). The molecule has 3 aromatic rings. The fraction of sp³-hybridized carbons (Fsp3) is 0.174. The number of benzene rings is 3. The number of ether oxygens (including phenoxy) is 1. The molecule has 0 fully saturated rings. The van der Waals surface area contributed by atoms with Gasteiger partial charge in [-0.15, -0.1) is 0 Å². The Bertz CT molecular complexity index is 888. The van der Waals surface area contributed by atoms with Crippen LogP contribution < -0.4 is 15.3 Å². The fourth-order valence-corrected chi connectivity index (χ4v) is 3.93. The van der Waals surface area contributed by atoms with Crippen LogP contribution in [0, 0.1) is 6.92 Å². The predicted octanol–water partition coefficient (Wildman–Crippen LogP) is 5.16. The highest BCUT2D eigenvalue weighted by molar-refractivity contribution is 7.56. The molecule has 132 valence electrons. The van der Waals surface area contributed by atoms with Gasteiger partial charge in [-0.2, -0.15) is 0 Å². The van der Waals surface area contributed by atoms with E-state index in [-0.39, 0.29) is 6.10 Å². The van der Waals surface area contributed by atoms with Crippen molar-refractivity contribution in [2.75, 3.05) is 0 Å². The standard InChI is InChI=1S/C23H24NOP/c1-17(2)25-21-14-9-10-18(3)23(21)26-22-15-8-7-13-20(22)24-16-19-11-5-4-6-12-19/h4-17,26H,1-3H3. The van der Waals surface area contributed by atoms with Gasteiger partial charge in [0, 0.05) is 16.8 Å². The first kappa shape index (κ1) is 18.4.